The minimum atomic E-state index is -1.81. The lowest BCUT2D eigenvalue weighted by molar-refractivity contribution is -0.375. The molecule has 3 saturated heterocycles. The fraction of sp³-hybridized carbons (Fsp3) is 0.917. The molecular weight excluding hydrogens is 849 g/mol. The molecule has 2 saturated carbocycles. The van der Waals surface area contributed by atoms with Gasteiger partial charge >= 0.3 is 0 Å². The summed E-state index contributed by atoms with van der Waals surface area (Å²) in [6, 6.07) is 0. The second-order valence-corrected chi connectivity index (χ2v) is 22.4. The van der Waals surface area contributed by atoms with Gasteiger partial charge in [-0.25, -0.2) is 0 Å². The molecule has 3 unspecified atom stereocenters. The van der Waals surface area contributed by atoms with E-state index < -0.39 is 111 Å². The Hall–Kier alpha value is -1.20. The lowest BCUT2D eigenvalue weighted by Gasteiger charge is -2.63. The van der Waals surface area contributed by atoms with Crippen molar-refractivity contribution in [3.05, 3.63) is 23.8 Å². The van der Waals surface area contributed by atoms with Gasteiger partial charge < -0.3 is 84.6 Å². The average Bonchev–Trinajstić information content (AvgIpc) is 3.53. The van der Waals surface area contributed by atoms with Crippen molar-refractivity contribution in [3.8, 4) is 0 Å². The summed E-state index contributed by atoms with van der Waals surface area (Å²) in [4.78, 5) is 0. The van der Waals surface area contributed by atoms with Gasteiger partial charge in [0.2, 0.25) is 0 Å². The molecule has 5 fully saturated rings. The van der Waals surface area contributed by atoms with Crippen molar-refractivity contribution in [2.45, 2.75) is 211 Å². The van der Waals surface area contributed by atoms with Gasteiger partial charge in [0.25, 0.3) is 0 Å². The summed E-state index contributed by atoms with van der Waals surface area (Å²) < 4.78 is 36.2. The summed E-state index contributed by atoms with van der Waals surface area (Å²) in [6.07, 6.45) is -7.77. The molecule has 0 aromatic carbocycles. The van der Waals surface area contributed by atoms with Crippen LogP contribution in [0.15, 0.2) is 23.8 Å². The number of rotatable bonds is 14. The molecule has 374 valence electrons. The summed E-state index contributed by atoms with van der Waals surface area (Å²) in [6.45, 7) is 15.5. The maximum atomic E-state index is 11.5. The summed E-state index contributed by atoms with van der Waals surface area (Å²) >= 11 is 0. The van der Waals surface area contributed by atoms with Crippen molar-refractivity contribution in [1.82, 2.24) is 0 Å². The van der Waals surface area contributed by atoms with E-state index in [2.05, 4.69) is 59.8 Å². The molecule has 17 nitrogen and oxygen atoms in total. The molecule has 0 aromatic rings. The summed E-state index contributed by atoms with van der Waals surface area (Å²) in [5.74, 6) is 1.12. The second-order valence-electron chi connectivity index (χ2n) is 22.4. The zero-order chi connectivity index (χ0) is 47.8. The van der Waals surface area contributed by atoms with Crippen molar-refractivity contribution in [2.75, 3.05) is 19.8 Å². The summed E-state index contributed by atoms with van der Waals surface area (Å²) in [5, 5.41) is 116. The van der Waals surface area contributed by atoms with Gasteiger partial charge in [0.15, 0.2) is 18.9 Å². The fourth-order valence-electron chi connectivity index (χ4n) is 13.5. The van der Waals surface area contributed by atoms with Crippen LogP contribution >= 0.6 is 0 Å². The van der Waals surface area contributed by atoms with Gasteiger partial charge in [0.1, 0.15) is 54.9 Å². The third-order valence-electron chi connectivity index (χ3n) is 17.9. The molecule has 7 aliphatic rings. The predicted octanol–water partition coefficient (Wildman–Crippen LogP) is 0.778. The van der Waals surface area contributed by atoms with E-state index in [4.69, 9.17) is 28.4 Å². The third-order valence-corrected chi connectivity index (χ3v) is 17.9. The Morgan fingerprint density at radius 3 is 1.98 bits per heavy atom. The van der Waals surface area contributed by atoms with Crippen molar-refractivity contribution in [3.63, 3.8) is 0 Å². The van der Waals surface area contributed by atoms with Gasteiger partial charge in [-0.05, 0) is 98.7 Å². The molecule has 65 heavy (non-hydrogen) atoms. The first kappa shape index (κ1) is 51.6. The van der Waals surface area contributed by atoms with E-state index in [1.807, 2.05) is 0 Å². The van der Waals surface area contributed by atoms with Gasteiger partial charge in [-0.3, -0.25) is 0 Å². The third kappa shape index (κ3) is 9.09. The normalized spacial score (nSPS) is 49.6. The highest BCUT2D eigenvalue weighted by molar-refractivity contribution is 5.35. The summed E-state index contributed by atoms with van der Waals surface area (Å²) in [5.41, 5.74) is -0.751. The SMILES string of the molecule is C[C@H](CC[C@@H](O[C@@H]1O[C@H](CO)[C@@H](O)[C@H](O)[C@H]1O[C@H]1O[C@@H](CO)[C@H](O)[C@@H](O)[C@@H]1O)C(C)(C)O)C1CC[C@@]2(C)C3CC=C4C(CC[C@H](O[C@@H]5O[C@H](CO)C[C@H](O)[C@H]5O)C4(C)C)[C@]3(C)C=C[C@]12C. The van der Waals surface area contributed by atoms with Gasteiger partial charge in [0, 0.05) is 11.8 Å². The van der Waals surface area contributed by atoms with E-state index in [1.54, 1.807) is 13.8 Å². The Kier molecular flexibility index (Phi) is 15.2. The number of ether oxygens (including phenoxy) is 6. The van der Waals surface area contributed by atoms with Crippen LogP contribution in [0.3, 0.4) is 0 Å². The van der Waals surface area contributed by atoms with Gasteiger partial charge in [-0.1, -0.05) is 65.3 Å². The number of aliphatic hydroxyl groups excluding tert-OH is 10. The number of fused-ring (bicyclic) bond motifs is 5. The molecule has 4 aliphatic carbocycles. The average molecular weight is 929 g/mol. The Morgan fingerprint density at radius 1 is 0.723 bits per heavy atom. The quantitative estimate of drug-likeness (QED) is 0.107. The Balaban J connectivity index is 1.05. The van der Waals surface area contributed by atoms with Crippen molar-refractivity contribution < 1.29 is 84.6 Å². The molecule has 0 radical (unpaired) electrons. The van der Waals surface area contributed by atoms with Crippen LogP contribution in [-0.4, -0.2) is 180 Å². The molecule has 0 amide bonds. The Labute approximate surface area is 383 Å². The molecule has 7 rings (SSSR count). The van der Waals surface area contributed by atoms with Crippen LogP contribution in [0.5, 0.6) is 0 Å². The maximum Gasteiger partial charge on any atom is 0.187 e. The fourth-order valence-corrected chi connectivity index (χ4v) is 13.5. The first-order chi connectivity index (χ1) is 30.4. The number of hydrogen-bond acceptors (Lipinski definition) is 17. The molecule has 0 aromatic heterocycles. The standard InChI is InChI=1S/C48H80O17/c1-23(9-13-33(45(4,5)59)64-43-40(38(57)36(55)30(22-51)62-43)65-42-39(58)37(56)35(54)29(21-50)61-42)25-15-16-48(8)31-12-10-26-27(46(31,6)17-18-47(25,48)7)11-14-32(44(26,2)3)63-41-34(53)28(52)19-24(20-49)60-41/h10,17-18,23-25,27-43,49-59H,9,11-16,19-22H2,1-8H3/t23-,24+,25?,27?,28+,29+,30-,31?,32+,33-,34-,35+,36-,37-,38+,39+,40-,41+,42-,43+,46+,47-,48+/m1/s1. The van der Waals surface area contributed by atoms with Crippen LogP contribution < -0.4 is 0 Å². The number of aliphatic hydroxyl groups is 11. The molecular formula is C48H80O17. The van der Waals surface area contributed by atoms with E-state index in [0.717, 1.165) is 32.1 Å². The van der Waals surface area contributed by atoms with Crippen LogP contribution in [-0.2, 0) is 28.4 Å². The highest BCUT2D eigenvalue weighted by atomic mass is 16.8. The molecule has 0 bridgehead atoms. The smallest absolute Gasteiger partial charge is 0.187 e. The highest BCUT2D eigenvalue weighted by Gasteiger charge is 2.66. The van der Waals surface area contributed by atoms with E-state index in [-0.39, 0.29) is 52.6 Å². The number of hydrogen-bond donors (Lipinski definition) is 11. The lowest BCUT2D eigenvalue weighted by Crippen LogP contribution is -2.65. The second kappa shape index (κ2) is 19.2. The number of allylic oxidation sites excluding steroid dienone is 3. The van der Waals surface area contributed by atoms with E-state index in [0.29, 0.717) is 24.7 Å². The highest BCUT2D eigenvalue weighted by Crippen LogP contribution is 2.73. The lowest BCUT2D eigenvalue weighted by atomic mass is 9.41. The zero-order valence-electron chi connectivity index (χ0n) is 39.4. The topological polar surface area (TPSA) is 278 Å². The molecule has 3 heterocycles. The first-order valence-corrected chi connectivity index (χ1v) is 24.0. The van der Waals surface area contributed by atoms with Crippen LogP contribution in [0, 0.1) is 45.3 Å². The Bertz CT molecular complexity index is 1690. The van der Waals surface area contributed by atoms with Gasteiger partial charge in [-0.15, -0.1) is 0 Å². The monoisotopic (exact) mass is 929 g/mol. The van der Waals surface area contributed by atoms with Crippen LogP contribution in [0.2, 0.25) is 0 Å². The molecule has 23 atom stereocenters. The molecule has 3 aliphatic heterocycles. The van der Waals surface area contributed by atoms with Crippen molar-refractivity contribution in [1.29, 1.82) is 0 Å². The van der Waals surface area contributed by atoms with Gasteiger partial charge in [-0.2, -0.15) is 0 Å². The van der Waals surface area contributed by atoms with Gasteiger partial charge in [0.05, 0.1) is 49.8 Å². The van der Waals surface area contributed by atoms with E-state index >= 15 is 0 Å². The van der Waals surface area contributed by atoms with Crippen LogP contribution in [0.4, 0.5) is 0 Å². The van der Waals surface area contributed by atoms with Crippen LogP contribution in [0.1, 0.15) is 107 Å². The van der Waals surface area contributed by atoms with Crippen molar-refractivity contribution in [2.24, 2.45) is 45.3 Å². The van der Waals surface area contributed by atoms with Crippen LogP contribution in [0.25, 0.3) is 0 Å². The molecule has 11 N–H and O–H groups in total. The minimum absolute atomic E-state index is 0.0300. The molecule has 0 spiro atoms. The minimum Gasteiger partial charge on any atom is -0.394 e. The van der Waals surface area contributed by atoms with Crippen molar-refractivity contribution >= 4 is 0 Å². The van der Waals surface area contributed by atoms with E-state index in [9.17, 15) is 56.2 Å². The van der Waals surface area contributed by atoms with E-state index in [1.165, 1.54) is 5.57 Å². The maximum absolute atomic E-state index is 11.5. The first-order valence-electron chi connectivity index (χ1n) is 24.0. The largest absolute Gasteiger partial charge is 0.394 e. The molecule has 17 heteroatoms. The Morgan fingerprint density at radius 2 is 1.35 bits per heavy atom. The zero-order valence-corrected chi connectivity index (χ0v) is 39.4. The summed E-state index contributed by atoms with van der Waals surface area (Å²) in [7, 11) is 0. The predicted molar refractivity (Wildman–Crippen MR) is 232 cm³/mol.